The van der Waals surface area contributed by atoms with Gasteiger partial charge in [0.15, 0.2) is 5.82 Å². The summed E-state index contributed by atoms with van der Waals surface area (Å²) in [7, 11) is 1.81. The van der Waals surface area contributed by atoms with Gasteiger partial charge in [-0.25, -0.2) is 19.4 Å². The van der Waals surface area contributed by atoms with Gasteiger partial charge in [-0.3, -0.25) is 4.99 Å². The summed E-state index contributed by atoms with van der Waals surface area (Å²) in [6, 6.07) is 3.93. The number of ether oxygens (including phenoxy) is 1. The Morgan fingerprint density at radius 1 is 1.21 bits per heavy atom. The van der Waals surface area contributed by atoms with Gasteiger partial charge in [-0.1, -0.05) is 37.6 Å². The van der Waals surface area contributed by atoms with Crippen molar-refractivity contribution in [1.82, 2.24) is 19.8 Å². The zero-order valence-corrected chi connectivity index (χ0v) is 25.1. The fourth-order valence-electron chi connectivity index (χ4n) is 4.02. The molecule has 2 saturated heterocycles. The van der Waals surface area contributed by atoms with Crippen LogP contribution < -0.4 is 5.43 Å². The molecule has 0 saturated carbocycles. The van der Waals surface area contributed by atoms with Crippen molar-refractivity contribution < 1.29 is 9.13 Å². The molecule has 0 aliphatic carbocycles. The van der Waals surface area contributed by atoms with Crippen LogP contribution in [0.4, 0.5) is 10.2 Å². The minimum Gasteiger partial charge on any atom is -0.378 e. The predicted molar refractivity (Wildman–Crippen MR) is 162 cm³/mol. The maximum absolute atomic E-state index is 13.5. The first-order valence-corrected chi connectivity index (χ1v) is 14.2. The summed E-state index contributed by atoms with van der Waals surface area (Å²) in [4.78, 5) is 18.2. The van der Waals surface area contributed by atoms with Crippen molar-refractivity contribution >= 4 is 29.6 Å². The van der Waals surface area contributed by atoms with E-state index in [9.17, 15) is 4.39 Å². The van der Waals surface area contributed by atoms with Crippen LogP contribution in [0.1, 0.15) is 47.5 Å². The molecule has 0 radical (unpaired) electrons. The van der Waals surface area contributed by atoms with E-state index in [1.54, 1.807) is 19.2 Å². The summed E-state index contributed by atoms with van der Waals surface area (Å²) in [5.74, 6) is 1.36. The number of allylic oxidation sites excluding steroid dienone is 4. The lowest BCUT2D eigenvalue weighted by molar-refractivity contribution is 0.0700. The van der Waals surface area contributed by atoms with Gasteiger partial charge in [0, 0.05) is 70.2 Å². The number of rotatable bonds is 8. The normalized spacial score (nSPS) is 20.6. The molecule has 3 heterocycles. The van der Waals surface area contributed by atoms with Crippen molar-refractivity contribution in [2.24, 2.45) is 9.98 Å². The van der Waals surface area contributed by atoms with Gasteiger partial charge in [0.2, 0.25) is 0 Å². The monoisotopic (exact) mass is 561 g/mol. The number of morpholine rings is 1. The lowest BCUT2D eigenvalue weighted by Gasteiger charge is -2.29. The van der Waals surface area contributed by atoms with E-state index < -0.39 is 0 Å². The summed E-state index contributed by atoms with van der Waals surface area (Å²) >= 11 is 6.29. The number of nitrogens with one attached hydrogen (secondary N) is 1. The van der Waals surface area contributed by atoms with Gasteiger partial charge in [-0.2, -0.15) is 0 Å². The predicted octanol–water partition coefficient (Wildman–Crippen LogP) is 5.97. The highest BCUT2D eigenvalue weighted by atomic mass is 35.5. The number of nitrogens with zero attached hydrogens (tertiary/aromatic N) is 6. The van der Waals surface area contributed by atoms with Crippen LogP contribution in [0.15, 0.2) is 63.6 Å². The molecule has 0 amide bonds. The Bertz CT molecular complexity index is 1030. The number of hydrogen-bond donors (Lipinski definition) is 1. The van der Waals surface area contributed by atoms with E-state index in [2.05, 4.69) is 37.1 Å². The molecule has 1 aromatic heterocycles. The second-order valence-electron chi connectivity index (χ2n) is 9.20. The van der Waals surface area contributed by atoms with Crippen LogP contribution in [-0.2, 0) is 4.74 Å². The van der Waals surface area contributed by atoms with E-state index in [4.69, 9.17) is 21.3 Å². The molecule has 2 aliphatic rings. The molecular formula is C29H45ClFN7O. The fraction of sp³-hybridized carbons (Fsp3) is 0.552. The Balaban J connectivity index is 0.00000260. The molecule has 3 rings (SSSR count). The average molecular weight is 562 g/mol. The molecule has 1 atom stereocenters. The number of anilines is 1. The van der Waals surface area contributed by atoms with E-state index in [-0.39, 0.29) is 11.9 Å². The molecule has 2 aliphatic heterocycles. The van der Waals surface area contributed by atoms with Crippen LogP contribution in [0.3, 0.4) is 0 Å². The molecule has 1 aromatic rings. The third-order valence-electron chi connectivity index (χ3n) is 6.47. The van der Waals surface area contributed by atoms with E-state index in [0.29, 0.717) is 36.0 Å². The van der Waals surface area contributed by atoms with Crippen LogP contribution in [0.25, 0.3) is 0 Å². The van der Waals surface area contributed by atoms with Crippen LogP contribution in [0, 0.1) is 0 Å². The number of hydrogen-bond acceptors (Lipinski definition) is 6. The standard InChI is InChI=1S/C27H39ClFN7O.C2H6/c1-21(23(3)29)7-5-8-24(32-20-34-15-17-37-18-16-34)19-26(30-4)36-14-13-35(12-10-22(36)2)33-27-25(28)9-6-11-31-27;1-2/h5-7,9,11,19-20,22H,8,10,12-18H2,1-4H3,(H,31,33);1-2H3/b7-5-,23-21+,24-19-,30-26?,32-20?;. The number of pyridine rings is 1. The maximum Gasteiger partial charge on any atom is 0.159 e. The molecular weight excluding hydrogens is 517 g/mol. The fourth-order valence-corrected chi connectivity index (χ4v) is 4.19. The highest BCUT2D eigenvalue weighted by molar-refractivity contribution is 6.32. The minimum atomic E-state index is -0.182. The molecule has 39 heavy (non-hydrogen) atoms. The van der Waals surface area contributed by atoms with Crippen LogP contribution in [0.5, 0.6) is 0 Å². The smallest absolute Gasteiger partial charge is 0.159 e. The number of aromatic nitrogens is 1. The molecule has 10 heteroatoms. The molecule has 216 valence electrons. The average Bonchev–Trinajstić information content (AvgIpc) is 3.13. The van der Waals surface area contributed by atoms with Gasteiger partial charge in [0.05, 0.1) is 30.4 Å². The lowest BCUT2D eigenvalue weighted by Crippen LogP contribution is -2.40. The van der Waals surface area contributed by atoms with E-state index in [1.807, 2.05) is 51.5 Å². The van der Waals surface area contributed by atoms with Gasteiger partial charge < -0.3 is 20.0 Å². The van der Waals surface area contributed by atoms with Gasteiger partial charge in [0.25, 0.3) is 0 Å². The van der Waals surface area contributed by atoms with Gasteiger partial charge >= 0.3 is 0 Å². The van der Waals surface area contributed by atoms with Gasteiger partial charge in [0.1, 0.15) is 5.84 Å². The van der Waals surface area contributed by atoms with Crippen LogP contribution in [0.2, 0.25) is 5.02 Å². The number of hydrazine groups is 1. The first kappa shape index (κ1) is 32.5. The lowest BCUT2D eigenvalue weighted by atomic mass is 10.1. The largest absolute Gasteiger partial charge is 0.378 e. The number of amidine groups is 1. The third kappa shape index (κ3) is 11.1. The highest BCUT2D eigenvalue weighted by Gasteiger charge is 2.23. The van der Waals surface area contributed by atoms with Gasteiger partial charge in [-0.15, -0.1) is 0 Å². The quantitative estimate of drug-likeness (QED) is 0.240. The van der Waals surface area contributed by atoms with Crippen LogP contribution in [-0.4, -0.2) is 91.0 Å². The molecule has 0 bridgehead atoms. The summed E-state index contributed by atoms with van der Waals surface area (Å²) in [6.45, 7) is 14.9. The third-order valence-corrected chi connectivity index (χ3v) is 6.78. The Kier molecular flexibility index (Phi) is 14.8. The zero-order valence-electron chi connectivity index (χ0n) is 24.3. The molecule has 1 N–H and O–H groups in total. The van der Waals surface area contributed by atoms with E-state index in [0.717, 1.165) is 50.7 Å². The highest BCUT2D eigenvalue weighted by Crippen LogP contribution is 2.20. The molecule has 1 unspecified atom stereocenters. The second-order valence-corrected chi connectivity index (χ2v) is 9.60. The Morgan fingerprint density at radius 3 is 2.62 bits per heavy atom. The topological polar surface area (TPSA) is 68.6 Å². The van der Waals surface area contributed by atoms with Crippen molar-refractivity contribution in [2.45, 2.75) is 53.5 Å². The van der Waals surface area contributed by atoms with Crippen molar-refractivity contribution in [2.75, 3.05) is 58.4 Å². The van der Waals surface area contributed by atoms with Crippen molar-refractivity contribution in [3.8, 4) is 0 Å². The SMILES string of the molecule is CC.CN=C(/C=C(/C/C=C\C(C)=C(/C)F)N=CN1CCOCC1)N1CCN(Nc2ncccc2Cl)CCC1C. The van der Waals surface area contributed by atoms with Crippen LogP contribution >= 0.6 is 11.6 Å². The number of halogens is 2. The minimum absolute atomic E-state index is 0.182. The second kappa shape index (κ2) is 17.8. The van der Waals surface area contributed by atoms with Crippen molar-refractivity contribution in [1.29, 1.82) is 0 Å². The Morgan fingerprint density at radius 2 is 1.95 bits per heavy atom. The molecule has 0 spiro atoms. The summed E-state index contributed by atoms with van der Waals surface area (Å²) in [5, 5.41) is 2.75. The number of aliphatic imine (C=N–C) groups is 2. The Labute approximate surface area is 239 Å². The van der Waals surface area contributed by atoms with Gasteiger partial charge in [-0.05, 0) is 44.9 Å². The Hall–Kier alpha value is -2.75. The van der Waals surface area contributed by atoms with Crippen molar-refractivity contribution in [3.63, 3.8) is 0 Å². The molecule has 0 aromatic carbocycles. The molecule has 8 nitrogen and oxygen atoms in total. The summed E-state index contributed by atoms with van der Waals surface area (Å²) in [5.41, 5.74) is 4.83. The zero-order chi connectivity index (χ0) is 28.6. The first-order valence-electron chi connectivity index (χ1n) is 13.8. The van der Waals surface area contributed by atoms with Crippen molar-refractivity contribution in [3.05, 3.63) is 58.7 Å². The van der Waals surface area contributed by atoms with E-state index >= 15 is 0 Å². The molecule has 2 fully saturated rings. The summed E-state index contributed by atoms with van der Waals surface area (Å²) in [6.07, 6.45) is 10.9. The van der Waals surface area contributed by atoms with E-state index in [1.165, 1.54) is 6.92 Å². The maximum atomic E-state index is 13.5. The first-order chi connectivity index (χ1) is 18.9. The summed E-state index contributed by atoms with van der Waals surface area (Å²) < 4.78 is 19.0.